The van der Waals surface area contributed by atoms with Crippen LogP contribution in [0.4, 0.5) is 4.39 Å². The van der Waals surface area contributed by atoms with Crippen molar-refractivity contribution in [2.24, 2.45) is 0 Å². The van der Waals surface area contributed by atoms with Gasteiger partial charge in [0.05, 0.1) is 0 Å². The van der Waals surface area contributed by atoms with Crippen LogP contribution < -0.4 is 5.32 Å². The summed E-state index contributed by atoms with van der Waals surface area (Å²) in [4.78, 5) is 16.3. The summed E-state index contributed by atoms with van der Waals surface area (Å²) >= 11 is 0. The van der Waals surface area contributed by atoms with Crippen LogP contribution in [0.5, 0.6) is 0 Å². The first-order valence-electron chi connectivity index (χ1n) is 7.01. The third kappa shape index (κ3) is 2.21. The highest BCUT2D eigenvalue weighted by molar-refractivity contribution is 5.92. The molecule has 5 heteroatoms. The predicted octanol–water partition coefficient (Wildman–Crippen LogP) is 1.35. The molecular weight excluding hydrogens is 257 g/mol. The maximum absolute atomic E-state index is 14.0. The van der Waals surface area contributed by atoms with Crippen LogP contribution in [-0.4, -0.2) is 48.4 Å². The van der Waals surface area contributed by atoms with Gasteiger partial charge in [-0.2, -0.15) is 0 Å². The second-order valence-corrected chi connectivity index (χ2v) is 5.95. The lowest BCUT2D eigenvalue weighted by molar-refractivity contribution is -0.131. The van der Waals surface area contributed by atoms with E-state index in [9.17, 15) is 9.18 Å². The number of halogens is 1. The Morgan fingerprint density at radius 2 is 2.10 bits per heavy atom. The minimum absolute atomic E-state index is 0.118. The van der Waals surface area contributed by atoms with E-state index in [0.717, 1.165) is 19.4 Å². The third-order valence-corrected chi connectivity index (χ3v) is 4.13. The summed E-state index contributed by atoms with van der Waals surface area (Å²) in [6.07, 6.45) is 1.37. The first-order valence-corrected chi connectivity index (χ1v) is 7.01. The number of nitrogens with zero attached hydrogens (tertiary/aromatic N) is 2. The van der Waals surface area contributed by atoms with E-state index in [-0.39, 0.29) is 17.9 Å². The fraction of sp³-hybridized carbons (Fsp3) is 0.533. The summed E-state index contributed by atoms with van der Waals surface area (Å²) in [5.41, 5.74) is 0.141. The molecule has 1 saturated heterocycles. The maximum atomic E-state index is 14.0. The Labute approximate surface area is 118 Å². The molecule has 1 atom stereocenters. The van der Waals surface area contributed by atoms with E-state index in [1.165, 1.54) is 6.07 Å². The van der Waals surface area contributed by atoms with Gasteiger partial charge in [-0.05, 0) is 33.0 Å². The molecule has 2 fully saturated rings. The molecule has 20 heavy (non-hydrogen) atoms. The second kappa shape index (κ2) is 4.82. The van der Waals surface area contributed by atoms with Crippen molar-refractivity contribution in [1.29, 1.82) is 0 Å². The van der Waals surface area contributed by atoms with Crippen molar-refractivity contribution in [3.8, 4) is 0 Å². The first-order chi connectivity index (χ1) is 9.53. The normalized spacial score (nSPS) is 23.9. The van der Waals surface area contributed by atoms with E-state index in [0.29, 0.717) is 12.1 Å². The number of carbonyl (C=O) groups is 1. The van der Waals surface area contributed by atoms with Gasteiger partial charge >= 0.3 is 0 Å². The van der Waals surface area contributed by atoms with Gasteiger partial charge in [0, 0.05) is 18.7 Å². The van der Waals surface area contributed by atoms with E-state index < -0.39 is 5.54 Å². The van der Waals surface area contributed by atoms with Crippen LogP contribution >= 0.6 is 0 Å². The average Bonchev–Trinajstić information content (AvgIpc) is 3.13. The molecule has 108 valence electrons. The van der Waals surface area contributed by atoms with Gasteiger partial charge in [0.1, 0.15) is 17.5 Å². The van der Waals surface area contributed by atoms with Crippen molar-refractivity contribution in [1.82, 2.24) is 15.1 Å². The number of nitrogens with one attached hydrogen (secondary N) is 1. The van der Waals surface area contributed by atoms with E-state index in [4.69, 9.17) is 0 Å². The standard InChI is InChI=1S/C15H20FN3O/c1-18(2)9-10-19-13(11-5-3-4-6-12(11)16)17-15(7-8-15)14(19)20/h3-6,13,17H,7-10H2,1-2H3. The van der Waals surface area contributed by atoms with Crippen LogP contribution in [0.1, 0.15) is 24.6 Å². The second-order valence-electron chi connectivity index (χ2n) is 5.95. The number of hydrogen-bond donors (Lipinski definition) is 1. The molecule has 2 aliphatic rings. The van der Waals surface area contributed by atoms with Crippen molar-refractivity contribution in [3.05, 3.63) is 35.6 Å². The highest BCUT2D eigenvalue weighted by Crippen LogP contribution is 2.46. The maximum Gasteiger partial charge on any atom is 0.244 e. The lowest BCUT2D eigenvalue weighted by Crippen LogP contribution is -2.37. The average molecular weight is 277 g/mol. The Morgan fingerprint density at radius 1 is 1.40 bits per heavy atom. The Kier molecular flexibility index (Phi) is 3.26. The number of likely N-dealkylation sites (N-methyl/N-ethyl adjacent to an activating group) is 1. The van der Waals surface area contributed by atoms with E-state index >= 15 is 0 Å². The molecule has 1 spiro atoms. The predicted molar refractivity (Wildman–Crippen MR) is 74.5 cm³/mol. The lowest BCUT2D eigenvalue weighted by atomic mass is 10.1. The molecule has 1 aliphatic carbocycles. The highest BCUT2D eigenvalue weighted by Gasteiger charge is 2.59. The highest BCUT2D eigenvalue weighted by atomic mass is 19.1. The molecule has 3 rings (SSSR count). The van der Waals surface area contributed by atoms with Crippen LogP contribution in [0.25, 0.3) is 0 Å². The van der Waals surface area contributed by atoms with Gasteiger partial charge in [-0.15, -0.1) is 0 Å². The third-order valence-electron chi connectivity index (χ3n) is 4.13. The summed E-state index contributed by atoms with van der Waals surface area (Å²) in [6, 6.07) is 6.69. The zero-order valence-corrected chi connectivity index (χ0v) is 11.9. The van der Waals surface area contributed by atoms with Gasteiger partial charge in [-0.25, -0.2) is 4.39 Å². The Balaban J connectivity index is 1.87. The van der Waals surface area contributed by atoms with Crippen LogP contribution in [0.2, 0.25) is 0 Å². The van der Waals surface area contributed by atoms with Gasteiger partial charge < -0.3 is 9.80 Å². The van der Waals surface area contributed by atoms with Gasteiger partial charge in [0.2, 0.25) is 5.91 Å². The van der Waals surface area contributed by atoms with Gasteiger partial charge in [-0.3, -0.25) is 10.1 Å². The van der Waals surface area contributed by atoms with Crippen LogP contribution in [0, 0.1) is 5.82 Å². The smallest absolute Gasteiger partial charge is 0.244 e. The summed E-state index contributed by atoms with van der Waals surface area (Å²) in [6.45, 7) is 1.38. The van der Waals surface area contributed by atoms with Crippen LogP contribution in [-0.2, 0) is 4.79 Å². The molecule has 1 unspecified atom stereocenters. The van der Waals surface area contributed by atoms with Crippen molar-refractivity contribution in [2.45, 2.75) is 24.5 Å². The molecular formula is C15H20FN3O. The topological polar surface area (TPSA) is 35.6 Å². The molecule has 1 aliphatic heterocycles. The first kappa shape index (κ1) is 13.5. The Bertz CT molecular complexity index is 528. The van der Waals surface area contributed by atoms with E-state index in [1.807, 2.05) is 25.1 Å². The fourth-order valence-electron chi connectivity index (χ4n) is 2.76. The number of amides is 1. The monoisotopic (exact) mass is 277 g/mol. The van der Waals surface area contributed by atoms with E-state index in [1.54, 1.807) is 17.0 Å². The van der Waals surface area contributed by atoms with Crippen molar-refractivity contribution in [3.63, 3.8) is 0 Å². The van der Waals surface area contributed by atoms with E-state index in [2.05, 4.69) is 5.32 Å². The summed E-state index contributed by atoms with van der Waals surface area (Å²) in [7, 11) is 3.94. The van der Waals surface area contributed by atoms with Crippen molar-refractivity contribution < 1.29 is 9.18 Å². The molecule has 0 aromatic heterocycles. The molecule has 0 radical (unpaired) electrons. The molecule has 1 N–H and O–H groups in total. The minimum atomic E-state index is -0.417. The quantitative estimate of drug-likeness (QED) is 0.902. The number of rotatable bonds is 4. The zero-order valence-electron chi connectivity index (χ0n) is 11.9. The zero-order chi connectivity index (χ0) is 14.3. The lowest BCUT2D eigenvalue weighted by Gasteiger charge is -2.26. The van der Waals surface area contributed by atoms with Crippen molar-refractivity contribution >= 4 is 5.91 Å². The number of benzene rings is 1. The van der Waals surface area contributed by atoms with Gasteiger partial charge in [0.25, 0.3) is 0 Å². The molecule has 1 aromatic rings. The van der Waals surface area contributed by atoms with Crippen molar-refractivity contribution in [2.75, 3.05) is 27.2 Å². The number of hydrogen-bond acceptors (Lipinski definition) is 3. The summed E-state index contributed by atoms with van der Waals surface area (Å²) in [5.74, 6) is -0.141. The van der Waals surface area contributed by atoms with Crippen LogP contribution in [0.3, 0.4) is 0 Å². The molecule has 1 aromatic carbocycles. The summed E-state index contributed by atoms with van der Waals surface area (Å²) in [5, 5.41) is 3.34. The van der Waals surface area contributed by atoms with Gasteiger partial charge in [0.15, 0.2) is 0 Å². The molecule has 0 bridgehead atoms. The fourth-order valence-corrected chi connectivity index (χ4v) is 2.76. The Hall–Kier alpha value is -1.46. The SMILES string of the molecule is CN(C)CCN1C(=O)C2(CC2)NC1c1ccccc1F. The van der Waals surface area contributed by atoms with Gasteiger partial charge in [-0.1, -0.05) is 18.2 Å². The molecule has 1 amide bonds. The number of carbonyl (C=O) groups excluding carboxylic acids is 1. The minimum Gasteiger partial charge on any atom is -0.320 e. The Morgan fingerprint density at radius 3 is 2.70 bits per heavy atom. The largest absolute Gasteiger partial charge is 0.320 e. The van der Waals surface area contributed by atoms with Crippen LogP contribution in [0.15, 0.2) is 24.3 Å². The molecule has 1 heterocycles. The molecule has 1 saturated carbocycles. The summed E-state index contributed by atoms with van der Waals surface area (Å²) < 4.78 is 14.0. The molecule has 4 nitrogen and oxygen atoms in total.